The third kappa shape index (κ3) is 4.02. The van der Waals surface area contributed by atoms with Crippen molar-refractivity contribution in [1.82, 2.24) is 8.75 Å². The number of hydrogen-bond acceptors (Lipinski definition) is 5. The molecule has 0 aliphatic carbocycles. The second-order valence-corrected chi connectivity index (χ2v) is 11.2. The molecular formula is C25H26N4S2. The van der Waals surface area contributed by atoms with Gasteiger partial charge in [0.2, 0.25) is 0 Å². The van der Waals surface area contributed by atoms with Crippen molar-refractivity contribution in [2.45, 2.75) is 39.0 Å². The lowest BCUT2D eigenvalue weighted by Crippen LogP contribution is -2.24. The van der Waals surface area contributed by atoms with Gasteiger partial charge >= 0.3 is 0 Å². The Bertz CT molecular complexity index is 1370. The molecule has 1 aromatic heterocycles. The van der Waals surface area contributed by atoms with E-state index in [1.807, 2.05) is 12.1 Å². The van der Waals surface area contributed by atoms with Crippen molar-refractivity contribution in [3.05, 3.63) is 82.5 Å². The van der Waals surface area contributed by atoms with Crippen LogP contribution in [0.15, 0.2) is 69.5 Å². The Kier molecular flexibility index (Phi) is 5.15. The Labute approximate surface area is 189 Å². The van der Waals surface area contributed by atoms with E-state index in [9.17, 15) is 0 Å². The van der Waals surface area contributed by atoms with Gasteiger partial charge in [-0.3, -0.25) is 0 Å². The first-order chi connectivity index (χ1) is 14.9. The van der Waals surface area contributed by atoms with Crippen LogP contribution in [0.25, 0.3) is 22.2 Å². The maximum Gasteiger partial charge on any atom is 0.112 e. The van der Waals surface area contributed by atoms with Crippen LogP contribution in [0.1, 0.15) is 44.7 Å². The number of thiol groups is 1. The molecule has 5 rings (SSSR count). The summed E-state index contributed by atoms with van der Waals surface area (Å²) < 4.78 is 18.7. The summed E-state index contributed by atoms with van der Waals surface area (Å²) in [4.78, 5) is 0. The van der Waals surface area contributed by atoms with Crippen molar-refractivity contribution in [3.63, 3.8) is 0 Å². The van der Waals surface area contributed by atoms with Gasteiger partial charge in [-0.25, -0.2) is 8.80 Å². The topological polar surface area (TPSA) is 50.5 Å². The Morgan fingerprint density at radius 2 is 1.68 bits per heavy atom. The highest BCUT2D eigenvalue weighted by atomic mass is 32.2. The summed E-state index contributed by atoms with van der Waals surface area (Å²) in [5, 5.41) is 2.11. The minimum atomic E-state index is -0.719. The molecule has 0 radical (unpaired) electrons. The third-order valence-corrected chi connectivity index (χ3v) is 8.11. The van der Waals surface area contributed by atoms with Crippen LogP contribution < -0.4 is 10.7 Å². The third-order valence-electron chi connectivity index (χ3n) is 5.80. The van der Waals surface area contributed by atoms with Gasteiger partial charge in [-0.1, -0.05) is 81.4 Å². The molecule has 3 aromatic carbocycles. The maximum absolute atomic E-state index is 4.97. The molecule has 0 saturated carbocycles. The van der Waals surface area contributed by atoms with Crippen LogP contribution in [0.2, 0.25) is 0 Å². The van der Waals surface area contributed by atoms with E-state index >= 15 is 0 Å². The zero-order valence-corrected chi connectivity index (χ0v) is 19.9. The van der Waals surface area contributed by atoms with Crippen molar-refractivity contribution in [2.75, 3.05) is 5.75 Å². The average Bonchev–Trinajstić information content (AvgIpc) is 3.38. The number of nitrogens with zero attached hydrogens (tertiary/aromatic N) is 4. The SMILES string of the molecule is CC(C[SH]1N=c2ccc(C(C)(C)C)cc2=N1)c1ccc(-c2cccc3nsnc23)cc1. The second-order valence-electron chi connectivity index (χ2n) is 9.17. The second kappa shape index (κ2) is 7.84. The lowest BCUT2D eigenvalue weighted by Gasteiger charge is -2.18. The Morgan fingerprint density at radius 3 is 2.45 bits per heavy atom. The van der Waals surface area contributed by atoms with Gasteiger partial charge in [-0.15, -0.1) is 0 Å². The zero-order chi connectivity index (χ0) is 21.6. The Hall–Kier alpha value is -2.57. The van der Waals surface area contributed by atoms with E-state index in [-0.39, 0.29) is 5.41 Å². The van der Waals surface area contributed by atoms with Gasteiger partial charge in [-0.2, -0.15) is 8.75 Å². The first-order valence-electron chi connectivity index (χ1n) is 10.6. The van der Waals surface area contributed by atoms with E-state index in [1.54, 1.807) is 0 Å². The van der Waals surface area contributed by atoms with E-state index in [0.717, 1.165) is 33.1 Å². The van der Waals surface area contributed by atoms with Crippen molar-refractivity contribution in [2.24, 2.45) is 8.80 Å². The molecule has 158 valence electrons. The van der Waals surface area contributed by atoms with Gasteiger partial charge in [0.25, 0.3) is 0 Å². The van der Waals surface area contributed by atoms with E-state index in [2.05, 4.69) is 85.0 Å². The number of rotatable bonds is 4. The highest BCUT2D eigenvalue weighted by Gasteiger charge is 2.17. The van der Waals surface area contributed by atoms with Crippen LogP contribution in [0, 0.1) is 0 Å². The van der Waals surface area contributed by atoms with Gasteiger partial charge in [0.15, 0.2) is 0 Å². The number of benzene rings is 3. The largest absolute Gasteiger partial charge is 0.218 e. The molecule has 0 spiro atoms. The fourth-order valence-electron chi connectivity index (χ4n) is 3.89. The predicted octanol–water partition coefficient (Wildman–Crippen LogP) is 5.54. The predicted molar refractivity (Wildman–Crippen MR) is 133 cm³/mol. The maximum atomic E-state index is 4.97. The van der Waals surface area contributed by atoms with Crippen LogP contribution in [-0.2, 0) is 5.41 Å². The molecule has 1 aliphatic heterocycles. The van der Waals surface area contributed by atoms with E-state index in [4.69, 9.17) is 8.80 Å². The monoisotopic (exact) mass is 446 g/mol. The first-order valence-corrected chi connectivity index (χ1v) is 12.7. The van der Waals surface area contributed by atoms with E-state index in [0.29, 0.717) is 5.92 Å². The molecule has 4 aromatic rings. The molecule has 0 fully saturated rings. The molecule has 2 heterocycles. The van der Waals surface area contributed by atoms with Crippen LogP contribution in [0.5, 0.6) is 0 Å². The van der Waals surface area contributed by atoms with Crippen LogP contribution >= 0.6 is 23.0 Å². The highest BCUT2D eigenvalue weighted by molar-refractivity contribution is 8.14. The quantitative estimate of drug-likeness (QED) is 0.418. The van der Waals surface area contributed by atoms with Crippen molar-refractivity contribution >= 4 is 34.0 Å². The minimum absolute atomic E-state index is 0.129. The van der Waals surface area contributed by atoms with Gasteiger partial charge < -0.3 is 0 Å². The normalized spacial score (nSPS) is 17.7. The molecule has 6 heteroatoms. The molecule has 0 bridgehead atoms. The summed E-state index contributed by atoms with van der Waals surface area (Å²) in [5.41, 5.74) is 7.03. The summed E-state index contributed by atoms with van der Waals surface area (Å²) in [5.74, 6) is 1.38. The molecule has 2 unspecified atom stereocenters. The standard InChI is InChI=1S/C25H26N4S2/c1-16(15-31-28-21-13-12-19(25(2,3)4)14-23(21)29-31)17-8-10-18(11-9-17)20-6-5-7-22-24(20)27-30-26-22/h5-14,16,31H,15H2,1-4H3. The molecule has 0 saturated heterocycles. The Balaban J connectivity index is 1.34. The van der Waals surface area contributed by atoms with Crippen molar-refractivity contribution in [3.8, 4) is 11.1 Å². The Morgan fingerprint density at radius 1 is 0.903 bits per heavy atom. The fourth-order valence-corrected chi connectivity index (χ4v) is 6.17. The molecule has 1 aliphatic rings. The van der Waals surface area contributed by atoms with Gasteiger partial charge in [0, 0.05) is 11.3 Å². The van der Waals surface area contributed by atoms with Crippen molar-refractivity contribution < 1.29 is 0 Å². The van der Waals surface area contributed by atoms with Crippen LogP contribution in [-0.4, -0.2) is 14.5 Å². The average molecular weight is 447 g/mol. The van der Waals surface area contributed by atoms with Crippen LogP contribution in [0.3, 0.4) is 0 Å². The molecule has 0 amide bonds. The van der Waals surface area contributed by atoms with Gasteiger partial charge in [-0.05, 0) is 46.2 Å². The smallest absolute Gasteiger partial charge is 0.112 e. The number of fused-ring (bicyclic) bond motifs is 2. The zero-order valence-electron chi connectivity index (χ0n) is 18.2. The minimum Gasteiger partial charge on any atom is -0.218 e. The van der Waals surface area contributed by atoms with E-state index in [1.165, 1.54) is 28.4 Å². The first kappa shape index (κ1) is 20.3. The summed E-state index contributed by atoms with van der Waals surface area (Å²) in [6.45, 7) is 8.99. The lowest BCUT2D eigenvalue weighted by atomic mass is 9.87. The van der Waals surface area contributed by atoms with E-state index < -0.39 is 11.3 Å². The fraction of sp³-hybridized carbons (Fsp3) is 0.280. The summed E-state index contributed by atoms with van der Waals surface area (Å²) in [6.07, 6.45) is 0. The van der Waals surface area contributed by atoms with Gasteiger partial charge in [0.05, 0.1) is 22.4 Å². The number of aromatic nitrogens is 2. The number of hydrogen-bond donors (Lipinski definition) is 1. The molecular weight excluding hydrogens is 420 g/mol. The van der Waals surface area contributed by atoms with Crippen LogP contribution in [0.4, 0.5) is 0 Å². The lowest BCUT2D eigenvalue weighted by molar-refractivity contribution is 0.589. The molecule has 2 atom stereocenters. The summed E-state index contributed by atoms with van der Waals surface area (Å²) in [6, 6.07) is 21.6. The molecule has 0 N–H and O–H groups in total. The summed E-state index contributed by atoms with van der Waals surface area (Å²) >= 11 is 0.547. The molecule has 4 nitrogen and oxygen atoms in total. The van der Waals surface area contributed by atoms with Gasteiger partial charge in [0.1, 0.15) is 11.0 Å². The highest BCUT2D eigenvalue weighted by Crippen LogP contribution is 2.36. The van der Waals surface area contributed by atoms with Crippen molar-refractivity contribution in [1.29, 1.82) is 0 Å². The molecule has 31 heavy (non-hydrogen) atoms. The summed E-state index contributed by atoms with van der Waals surface area (Å²) in [7, 11) is 0.